The van der Waals surface area contributed by atoms with Crippen molar-refractivity contribution >= 4 is 34.3 Å². The van der Waals surface area contributed by atoms with Crippen LogP contribution in [0.5, 0.6) is 0 Å². The third-order valence-electron chi connectivity index (χ3n) is 2.60. The average molecular weight is 275 g/mol. The third kappa shape index (κ3) is 2.72. The van der Waals surface area contributed by atoms with Crippen LogP contribution < -0.4 is 10.6 Å². The number of nitrogens with zero attached hydrogens (tertiary/aromatic N) is 2. The Balaban J connectivity index is 2.63. The minimum Gasteiger partial charge on any atom is -0.367 e. The molecule has 4 nitrogen and oxygen atoms in total. The molecule has 98 valence electrons. The Labute approximate surface area is 117 Å². The van der Waals surface area contributed by atoms with Gasteiger partial charge in [0.05, 0.1) is 16.1 Å². The SMILES string of the molecule is C#Cc1cc2nc(NCC)c(NCC)nc2cc1Cl. The minimum atomic E-state index is 0.517. The van der Waals surface area contributed by atoms with Gasteiger partial charge in [0.2, 0.25) is 0 Å². The van der Waals surface area contributed by atoms with Gasteiger partial charge in [0, 0.05) is 18.7 Å². The zero-order valence-electron chi connectivity index (χ0n) is 10.9. The predicted octanol–water partition coefficient (Wildman–Crippen LogP) is 3.13. The molecule has 0 saturated heterocycles. The molecule has 1 heterocycles. The quantitative estimate of drug-likeness (QED) is 0.841. The van der Waals surface area contributed by atoms with Crippen molar-refractivity contribution in [2.24, 2.45) is 0 Å². The molecule has 0 unspecified atom stereocenters. The topological polar surface area (TPSA) is 49.8 Å². The molecule has 1 aromatic carbocycles. The van der Waals surface area contributed by atoms with Gasteiger partial charge < -0.3 is 10.6 Å². The number of aromatic nitrogens is 2. The highest BCUT2D eigenvalue weighted by atomic mass is 35.5. The van der Waals surface area contributed by atoms with Crippen molar-refractivity contribution in [2.45, 2.75) is 13.8 Å². The summed E-state index contributed by atoms with van der Waals surface area (Å²) < 4.78 is 0. The summed E-state index contributed by atoms with van der Waals surface area (Å²) >= 11 is 6.09. The maximum Gasteiger partial charge on any atom is 0.169 e. The Morgan fingerprint density at radius 1 is 1.11 bits per heavy atom. The van der Waals surface area contributed by atoms with E-state index in [4.69, 9.17) is 18.0 Å². The molecular weight excluding hydrogens is 260 g/mol. The lowest BCUT2D eigenvalue weighted by Crippen LogP contribution is -2.08. The summed E-state index contributed by atoms with van der Waals surface area (Å²) in [6.45, 7) is 5.56. The smallest absolute Gasteiger partial charge is 0.169 e. The monoisotopic (exact) mass is 274 g/mol. The van der Waals surface area contributed by atoms with Crippen molar-refractivity contribution in [1.82, 2.24) is 9.97 Å². The second-order valence-electron chi connectivity index (χ2n) is 3.95. The molecule has 1 aromatic heterocycles. The van der Waals surface area contributed by atoms with Crippen LogP contribution in [0.15, 0.2) is 12.1 Å². The second kappa shape index (κ2) is 5.77. The number of benzene rings is 1. The molecule has 0 saturated carbocycles. The number of fused-ring (bicyclic) bond motifs is 1. The fourth-order valence-corrected chi connectivity index (χ4v) is 1.98. The summed E-state index contributed by atoms with van der Waals surface area (Å²) in [7, 11) is 0. The van der Waals surface area contributed by atoms with E-state index < -0.39 is 0 Å². The molecule has 0 aliphatic rings. The van der Waals surface area contributed by atoms with Crippen molar-refractivity contribution in [3.05, 3.63) is 22.7 Å². The normalized spacial score (nSPS) is 10.2. The number of hydrogen-bond donors (Lipinski definition) is 2. The summed E-state index contributed by atoms with van der Waals surface area (Å²) in [5, 5.41) is 6.88. The number of terminal acetylenes is 1. The molecule has 0 radical (unpaired) electrons. The first kappa shape index (κ1) is 13.4. The van der Waals surface area contributed by atoms with E-state index in [1.54, 1.807) is 12.1 Å². The maximum absolute atomic E-state index is 6.09. The summed E-state index contributed by atoms with van der Waals surface area (Å²) in [4.78, 5) is 9.07. The molecule has 0 fully saturated rings. The van der Waals surface area contributed by atoms with Crippen molar-refractivity contribution in [2.75, 3.05) is 23.7 Å². The summed E-state index contributed by atoms with van der Waals surface area (Å²) in [5.41, 5.74) is 2.08. The van der Waals surface area contributed by atoms with Crippen LogP contribution in [-0.4, -0.2) is 23.1 Å². The Hall–Kier alpha value is -1.99. The summed E-state index contributed by atoms with van der Waals surface area (Å²) in [5.74, 6) is 3.99. The second-order valence-corrected chi connectivity index (χ2v) is 4.35. The Morgan fingerprint density at radius 2 is 1.63 bits per heavy atom. The van der Waals surface area contributed by atoms with Gasteiger partial charge in [-0.1, -0.05) is 17.5 Å². The zero-order valence-corrected chi connectivity index (χ0v) is 11.7. The van der Waals surface area contributed by atoms with Crippen molar-refractivity contribution in [1.29, 1.82) is 0 Å². The maximum atomic E-state index is 6.09. The molecule has 19 heavy (non-hydrogen) atoms. The van der Waals surface area contributed by atoms with Crippen LogP contribution in [0.1, 0.15) is 19.4 Å². The lowest BCUT2D eigenvalue weighted by Gasteiger charge is -2.11. The zero-order chi connectivity index (χ0) is 13.8. The number of nitrogens with one attached hydrogen (secondary N) is 2. The van der Waals surface area contributed by atoms with Crippen LogP contribution in [0.3, 0.4) is 0 Å². The Morgan fingerprint density at radius 3 is 2.11 bits per heavy atom. The first-order valence-electron chi connectivity index (χ1n) is 6.15. The third-order valence-corrected chi connectivity index (χ3v) is 2.91. The van der Waals surface area contributed by atoms with Gasteiger partial charge in [-0.05, 0) is 26.0 Å². The van der Waals surface area contributed by atoms with Crippen molar-refractivity contribution < 1.29 is 0 Å². The summed E-state index contributed by atoms with van der Waals surface area (Å²) in [6.07, 6.45) is 5.41. The van der Waals surface area contributed by atoms with E-state index in [0.29, 0.717) is 10.6 Å². The first-order valence-corrected chi connectivity index (χ1v) is 6.53. The van der Waals surface area contributed by atoms with Crippen LogP contribution >= 0.6 is 11.6 Å². The highest BCUT2D eigenvalue weighted by Gasteiger charge is 2.09. The van der Waals surface area contributed by atoms with E-state index in [-0.39, 0.29) is 0 Å². The number of anilines is 2. The first-order chi connectivity index (χ1) is 9.19. The van der Waals surface area contributed by atoms with E-state index in [0.717, 1.165) is 35.8 Å². The molecule has 0 aliphatic carbocycles. The van der Waals surface area contributed by atoms with Gasteiger partial charge in [-0.2, -0.15) is 0 Å². The lowest BCUT2D eigenvalue weighted by atomic mass is 10.2. The van der Waals surface area contributed by atoms with Gasteiger partial charge in [0.15, 0.2) is 11.6 Å². The molecular formula is C14H15ClN4. The highest BCUT2D eigenvalue weighted by molar-refractivity contribution is 6.32. The van der Waals surface area contributed by atoms with Crippen LogP contribution in [-0.2, 0) is 0 Å². The molecule has 2 aromatic rings. The van der Waals surface area contributed by atoms with E-state index in [1.807, 2.05) is 13.8 Å². The van der Waals surface area contributed by atoms with Crippen molar-refractivity contribution in [3.63, 3.8) is 0 Å². The largest absolute Gasteiger partial charge is 0.367 e. The Kier molecular flexibility index (Phi) is 4.08. The molecule has 2 N–H and O–H groups in total. The van der Waals surface area contributed by atoms with E-state index >= 15 is 0 Å². The van der Waals surface area contributed by atoms with Gasteiger partial charge in [-0.25, -0.2) is 9.97 Å². The van der Waals surface area contributed by atoms with Gasteiger partial charge in [-0.3, -0.25) is 0 Å². The number of halogens is 1. The molecule has 0 spiro atoms. The number of hydrogen-bond acceptors (Lipinski definition) is 4. The number of rotatable bonds is 4. The van der Waals surface area contributed by atoms with Crippen LogP contribution in [0.4, 0.5) is 11.6 Å². The van der Waals surface area contributed by atoms with Gasteiger partial charge in [-0.15, -0.1) is 6.42 Å². The Bertz CT molecular complexity index is 646. The molecule has 2 rings (SSSR count). The van der Waals surface area contributed by atoms with Gasteiger partial charge >= 0.3 is 0 Å². The fourth-order valence-electron chi connectivity index (χ4n) is 1.77. The fraction of sp³-hybridized carbons (Fsp3) is 0.286. The van der Waals surface area contributed by atoms with Crippen LogP contribution in [0.2, 0.25) is 5.02 Å². The van der Waals surface area contributed by atoms with E-state index in [9.17, 15) is 0 Å². The standard InChI is InChI=1S/C14H15ClN4/c1-4-9-7-11-12(8-10(9)15)19-14(17-6-3)13(18-11)16-5-2/h1,7-8H,5-6H2,2-3H3,(H,16,18)(H,17,19). The van der Waals surface area contributed by atoms with Gasteiger partial charge in [0.25, 0.3) is 0 Å². The lowest BCUT2D eigenvalue weighted by molar-refractivity contribution is 1.12. The minimum absolute atomic E-state index is 0.517. The molecule has 0 aliphatic heterocycles. The van der Waals surface area contributed by atoms with Gasteiger partial charge in [0.1, 0.15) is 0 Å². The van der Waals surface area contributed by atoms with E-state index in [2.05, 4.69) is 26.5 Å². The average Bonchev–Trinajstić information content (AvgIpc) is 2.40. The van der Waals surface area contributed by atoms with Crippen LogP contribution in [0, 0.1) is 12.3 Å². The van der Waals surface area contributed by atoms with Crippen LogP contribution in [0.25, 0.3) is 11.0 Å². The summed E-state index contributed by atoms with van der Waals surface area (Å²) in [6, 6.07) is 3.52. The van der Waals surface area contributed by atoms with E-state index in [1.165, 1.54) is 0 Å². The van der Waals surface area contributed by atoms with Crippen molar-refractivity contribution in [3.8, 4) is 12.3 Å². The molecule has 0 bridgehead atoms. The highest BCUT2D eigenvalue weighted by Crippen LogP contribution is 2.25. The molecule has 5 heteroatoms. The predicted molar refractivity (Wildman–Crippen MR) is 80.8 cm³/mol. The molecule has 0 amide bonds. The molecule has 0 atom stereocenters.